The number of hydrogen-bond acceptors (Lipinski definition) is 5. The van der Waals surface area contributed by atoms with Crippen molar-refractivity contribution in [2.24, 2.45) is 0 Å². The van der Waals surface area contributed by atoms with E-state index in [4.69, 9.17) is 9.47 Å². The van der Waals surface area contributed by atoms with E-state index in [1.165, 1.54) is 0 Å². The van der Waals surface area contributed by atoms with Gasteiger partial charge in [-0.1, -0.05) is 0 Å². The molecule has 1 rings (SSSR count). The van der Waals surface area contributed by atoms with Crippen LogP contribution in [0.2, 0.25) is 0 Å². The zero-order chi connectivity index (χ0) is 12.7. The number of rotatable bonds is 4. The average Bonchev–Trinajstić information content (AvgIpc) is 2.30. The van der Waals surface area contributed by atoms with Gasteiger partial charge in [0.25, 0.3) is 0 Å². The van der Waals surface area contributed by atoms with Gasteiger partial charge in [0.05, 0.1) is 18.8 Å². The average molecular weight is 242 g/mol. The highest BCUT2D eigenvalue weighted by Gasteiger charge is 2.23. The minimum absolute atomic E-state index is 0.251. The molecule has 0 aliphatic heterocycles. The predicted molar refractivity (Wildman–Crippen MR) is 60.2 cm³/mol. The van der Waals surface area contributed by atoms with E-state index in [1.807, 2.05) is 0 Å². The van der Waals surface area contributed by atoms with E-state index in [-0.39, 0.29) is 6.61 Å². The number of esters is 1. The minimum Gasteiger partial charge on any atom is -0.463 e. The number of hydrogen-bond donors (Lipinski definition) is 0. The number of allylic oxidation sites excluding steroid dienone is 1. The van der Waals surface area contributed by atoms with Crippen molar-refractivity contribution in [1.82, 2.24) is 0 Å². The molecule has 96 valence electrons. The molecule has 0 aromatic heterocycles. The van der Waals surface area contributed by atoms with E-state index in [1.54, 1.807) is 13.8 Å². The Balaban J connectivity index is 2.73. The Kier molecular flexibility index (Phi) is 5.52. The van der Waals surface area contributed by atoms with Gasteiger partial charge in [0.1, 0.15) is 5.76 Å². The first-order valence-corrected chi connectivity index (χ1v) is 5.92. The summed E-state index contributed by atoms with van der Waals surface area (Å²) in [5.74, 6) is -0.000325. The van der Waals surface area contributed by atoms with E-state index >= 15 is 0 Å². The lowest BCUT2D eigenvalue weighted by molar-refractivity contribution is -0.139. The van der Waals surface area contributed by atoms with Crippen LogP contribution in [0.25, 0.3) is 0 Å². The van der Waals surface area contributed by atoms with Crippen molar-refractivity contribution in [1.29, 1.82) is 0 Å². The number of carbonyl (C=O) groups excluding carboxylic acids is 2. The van der Waals surface area contributed by atoms with Gasteiger partial charge >= 0.3 is 12.1 Å². The summed E-state index contributed by atoms with van der Waals surface area (Å²) in [6, 6.07) is 0. The predicted octanol–water partition coefficient (Wildman–Crippen LogP) is 2.55. The second-order valence-electron chi connectivity index (χ2n) is 3.61. The first-order chi connectivity index (χ1) is 8.19. The molecule has 0 aromatic rings. The van der Waals surface area contributed by atoms with Crippen molar-refractivity contribution in [3.8, 4) is 0 Å². The van der Waals surface area contributed by atoms with Crippen LogP contribution in [0, 0.1) is 0 Å². The van der Waals surface area contributed by atoms with Crippen molar-refractivity contribution in [3.05, 3.63) is 11.3 Å². The van der Waals surface area contributed by atoms with Crippen LogP contribution in [0.3, 0.4) is 0 Å². The van der Waals surface area contributed by atoms with Crippen LogP contribution < -0.4 is 0 Å². The van der Waals surface area contributed by atoms with E-state index in [0.29, 0.717) is 30.8 Å². The van der Waals surface area contributed by atoms with Crippen molar-refractivity contribution >= 4 is 12.1 Å². The SMILES string of the molecule is CCOC(=O)OC1=C(C(=O)OCC)CCCC1. The highest BCUT2D eigenvalue weighted by molar-refractivity contribution is 5.89. The molecule has 0 heterocycles. The second-order valence-corrected chi connectivity index (χ2v) is 3.61. The van der Waals surface area contributed by atoms with Gasteiger partial charge in [-0.05, 0) is 33.1 Å². The Hall–Kier alpha value is -1.52. The van der Waals surface area contributed by atoms with E-state index < -0.39 is 12.1 Å². The topological polar surface area (TPSA) is 61.8 Å². The summed E-state index contributed by atoms with van der Waals surface area (Å²) in [5, 5.41) is 0. The molecule has 0 saturated heterocycles. The maximum atomic E-state index is 11.6. The van der Waals surface area contributed by atoms with Crippen LogP contribution in [-0.2, 0) is 19.0 Å². The third kappa shape index (κ3) is 4.09. The summed E-state index contributed by atoms with van der Waals surface area (Å²) >= 11 is 0. The summed E-state index contributed by atoms with van der Waals surface area (Å²) in [6.45, 7) is 4.01. The molecule has 0 spiro atoms. The first kappa shape index (κ1) is 13.5. The lowest BCUT2D eigenvalue weighted by Gasteiger charge is -2.18. The van der Waals surface area contributed by atoms with Gasteiger partial charge in [0, 0.05) is 6.42 Å². The quantitative estimate of drug-likeness (QED) is 0.709. The van der Waals surface area contributed by atoms with Crippen LogP contribution in [0.5, 0.6) is 0 Å². The van der Waals surface area contributed by atoms with Crippen molar-refractivity contribution < 1.29 is 23.8 Å². The molecule has 0 atom stereocenters. The van der Waals surface area contributed by atoms with Gasteiger partial charge in [-0.2, -0.15) is 0 Å². The standard InChI is InChI=1S/C12H18O5/c1-3-15-11(13)9-7-5-6-8-10(9)17-12(14)16-4-2/h3-8H2,1-2H3. The molecular weight excluding hydrogens is 224 g/mol. The summed E-state index contributed by atoms with van der Waals surface area (Å²) in [4.78, 5) is 22.8. The van der Waals surface area contributed by atoms with Crippen molar-refractivity contribution in [3.63, 3.8) is 0 Å². The maximum Gasteiger partial charge on any atom is 0.513 e. The molecule has 0 saturated carbocycles. The van der Waals surface area contributed by atoms with E-state index in [9.17, 15) is 9.59 Å². The fourth-order valence-corrected chi connectivity index (χ4v) is 1.67. The van der Waals surface area contributed by atoms with Crippen LogP contribution in [0.1, 0.15) is 39.5 Å². The molecule has 0 bridgehead atoms. The third-order valence-electron chi connectivity index (χ3n) is 2.41. The molecule has 17 heavy (non-hydrogen) atoms. The van der Waals surface area contributed by atoms with Gasteiger partial charge in [0.2, 0.25) is 0 Å². The van der Waals surface area contributed by atoms with Gasteiger partial charge in [-0.3, -0.25) is 0 Å². The summed E-state index contributed by atoms with van der Waals surface area (Å²) in [6.07, 6.45) is 2.22. The van der Waals surface area contributed by atoms with Crippen LogP contribution in [0.4, 0.5) is 4.79 Å². The Morgan fingerprint density at radius 3 is 2.35 bits per heavy atom. The first-order valence-electron chi connectivity index (χ1n) is 5.92. The normalized spacial score (nSPS) is 15.4. The van der Waals surface area contributed by atoms with Crippen LogP contribution in [0.15, 0.2) is 11.3 Å². The van der Waals surface area contributed by atoms with Crippen molar-refractivity contribution in [2.45, 2.75) is 39.5 Å². The molecule has 0 amide bonds. The number of carbonyl (C=O) groups is 2. The molecule has 0 unspecified atom stereocenters. The fraction of sp³-hybridized carbons (Fsp3) is 0.667. The molecule has 0 fully saturated rings. The molecule has 1 aliphatic carbocycles. The number of ether oxygens (including phenoxy) is 3. The highest BCUT2D eigenvalue weighted by atomic mass is 16.7. The van der Waals surface area contributed by atoms with Crippen molar-refractivity contribution in [2.75, 3.05) is 13.2 Å². The lowest BCUT2D eigenvalue weighted by atomic mass is 9.98. The summed E-state index contributed by atoms with van der Waals surface area (Å²) in [5.41, 5.74) is 0.464. The third-order valence-corrected chi connectivity index (χ3v) is 2.41. The van der Waals surface area contributed by atoms with Gasteiger partial charge in [-0.25, -0.2) is 9.59 Å². The summed E-state index contributed by atoms with van der Waals surface area (Å²) < 4.78 is 14.6. The molecule has 5 heteroatoms. The molecular formula is C12H18O5. The molecule has 0 radical (unpaired) electrons. The smallest absolute Gasteiger partial charge is 0.463 e. The van der Waals surface area contributed by atoms with Gasteiger partial charge < -0.3 is 14.2 Å². The van der Waals surface area contributed by atoms with Gasteiger partial charge in [0.15, 0.2) is 0 Å². The largest absolute Gasteiger partial charge is 0.513 e. The van der Waals surface area contributed by atoms with Crippen LogP contribution in [-0.4, -0.2) is 25.3 Å². The van der Waals surface area contributed by atoms with E-state index in [2.05, 4.69) is 4.74 Å². The molecule has 0 aromatic carbocycles. The second kappa shape index (κ2) is 6.93. The summed E-state index contributed by atoms with van der Waals surface area (Å²) in [7, 11) is 0. The minimum atomic E-state index is -0.758. The lowest BCUT2D eigenvalue weighted by Crippen LogP contribution is -2.17. The zero-order valence-corrected chi connectivity index (χ0v) is 10.3. The van der Waals surface area contributed by atoms with E-state index in [0.717, 1.165) is 12.8 Å². The fourth-order valence-electron chi connectivity index (χ4n) is 1.67. The molecule has 1 aliphatic rings. The molecule has 0 N–H and O–H groups in total. The Morgan fingerprint density at radius 2 is 1.71 bits per heavy atom. The molecule has 5 nitrogen and oxygen atoms in total. The van der Waals surface area contributed by atoms with Gasteiger partial charge in [-0.15, -0.1) is 0 Å². The monoisotopic (exact) mass is 242 g/mol. The Morgan fingerprint density at radius 1 is 1.06 bits per heavy atom. The van der Waals surface area contributed by atoms with Crippen LogP contribution >= 0.6 is 0 Å². The maximum absolute atomic E-state index is 11.6. The highest BCUT2D eigenvalue weighted by Crippen LogP contribution is 2.26. The Labute approximate surface area is 101 Å². The zero-order valence-electron chi connectivity index (χ0n) is 10.3. The Bertz CT molecular complexity index is 319.